The first-order chi connectivity index (χ1) is 16.1. The molecule has 0 radical (unpaired) electrons. The molecule has 3 rings (SSSR count). The number of hydrogen-bond acceptors (Lipinski definition) is 5. The molecule has 0 aliphatic rings. The molecule has 0 bridgehead atoms. The first kappa shape index (κ1) is 24.9. The van der Waals surface area contributed by atoms with Crippen LogP contribution in [0.3, 0.4) is 0 Å². The van der Waals surface area contributed by atoms with E-state index < -0.39 is 33.9 Å². The van der Waals surface area contributed by atoms with E-state index in [1.807, 2.05) is 38.1 Å². The number of hydrazine groups is 1. The molecule has 2 amide bonds. The third-order valence-corrected chi connectivity index (χ3v) is 6.93. The summed E-state index contributed by atoms with van der Waals surface area (Å²) in [5, 5.41) is 0. The van der Waals surface area contributed by atoms with E-state index in [0.717, 1.165) is 21.0 Å². The van der Waals surface area contributed by atoms with Crippen LogP contribution in [0.1, 0.15) is 27.0 Å². The van der Waals surface area contributed by atoms with E-state index in [-0.39, 0.29) is 17.0 Å². The summed E-state index contributed by atoms with van der Waals surface area (Å²) in [4.78, 5) is 37.5. The molecule has 0 saturated carbocycles. The summed E-state index contributed by atoms with van der Waals surface area (Å²) in [5.74, 6) is -1.57. The van der Waals surface area contributed by atoms with Crippen LogP contribution in [0.2, 0.25) is 0 Å². The van der Waals surface area contributed by atoms with Crippen molar-refractivity contribution >= 4 is 21.8 Å². The van der Waals surface area contributed by atoms with Crippen LogP contribution in [0.15, 0.2) is 76.6 Å². The maximum Gasteiger partial charge on any atom is 0.275 e. The first-order valence-electron chi connectivity index (χ1n) is 10.4. The Labute approximate surface area is 198 Å². The molecule has 178 valence electrons. The molecule has 0 saturated heterocycles. The molecule has 3 aromatic rings. The van der Waals surface area contributed by atoms with Crippen LogP contribution in [0.4, 0.5) is 0 Å². The van der Waals surface area contributed by atoms with Gasteiger partial charge in [-0.25, -0.2) is 8.42 Å². The number of hydrogen-bond donors (Lipinski definition) is 2. The maximum atomic E-state index is 12.7. The van der Waals surface area contributed by atoms with Gasteiger partial charge in [0.2, 0.25) is 10.0 Å². The lowest BCUT2D eigenvalue weighted by molar-refractivity contribution is -0.121. The average molecular weight is 483 g/mol. The van der Waals surface area contributed by atoms with Gasteiger partial charge in [-0.05, 0) is 43.7 Å². The predicted octanol–water partition coefficient (Wildman–Crippen LogP) is 1.60. The van der Waals surface area contributed by atoms with E-state index >= 15 is 0 Å². The van der Waals surface area contributed by atoms with E-state index in [4.69, 9.17) is 0 Å². The van der Waals surface area contributed by atoms with Gasteiger partial charge in [0.1, 0.15) is 5.56 Å². The van der Waals surface area contributed by atoms with Crippen LogP contribution in [0.25, 0.3) is 0 Å². The molecule has 34 heavy (non-hydrogen) atoms. The number of aromatic nitrogens is 1. The fourth-order valence-electron chi connectivity index (χ4n) is 3.25. The molecule has 2 aromatic carbocycles. The Morgan fingerprint density at radius 3 is 2.32 bits per heavy atom. The normalized spacial score (nSPS) is 11.3. The molecule has 1 heterocycles. The molecule has 0 unspecified atom stereocenters. The fraction of sp³-hybridized carbons (Fsp3) is 0.208. The highest BCUT2D eigenvalue weighted by molar-refractivity contribution is 7.89. The zero-order valence-corrected chi connectivity index (χ0v) is 19.9. The van der Waals surface area contributed by atoms with Gasteiger partial charge in [0.15, 0.2) is 0 Å². The van der Waals surface area contributed by atoms with Crippen LogP contribution < -0.4 is 16.4 Å². The van der Waals surface area contributed by atoms with Gasteiger partial charge in [0, 0.05) is 13.2 Å². The topological polar surface area (TPSA) is 118 Å². The van der Waals surface area contributed by atoms with E-state index in [1.54, 1.807) is 24.4 Å². The summed E-state index contributed by atoms with van der Waals surface area (Å²) in [6, 6.07) is 16.8. The smallest absolute Gasteiger partial charge is 0.275 e. The quantitative estimate of drug-likeness (QED) is 0.496. The third kappa shape index (κ3) is 5.97. The number of carbonyl (C=O) groups is 2. The Kier molecular flexibility index (Phi) is 7.64. The molecular weight excluding hydrogens is 456 g/mol. The summed E-state index contributed by atoms with van der Waals surface area (Å²) in [6.07, 6.45) is 1.57. The minimum Gasteiger partial charge on any atom is -0.310 e. The number of nitrogens with one attached hydrogen (secondary N) is 2. The number of likely N-dealkylation sites (N-methyl/N-ethyl adjacent to an activating group) is 1. The number of sulfonamides is 1. The zero-order chi connectivity index (χ0) is 24.9. The lowest BCUT2D eigenvalue weighted by atomic mass is 10.1. The van der Waals surface area contributed by atoms with Crippen molar-refractivity contribution in [3.05, 3.63) is 99.5 Å². The van der Waals surface area contributed by atoms with Crippen molar-refractivity contribution in [2.45, 2.75) is 25.3 Å². The highest BCUT2D eigenvalue weighted by Gasteiger charge is 2.23. The van der Waals surface area contributed by atoms with Crippen molar-refractivity contribution in [1.82, 2.24) is 19.7 Å². The first-order valence-corrected chi connectivity index (χ1v) is 11.9. The number of benzene rings is 2. The summed E-state index contributed by atoms with van der Waals surface area (Å²) < 4.78 is 27.5. The molecule has 2 N–H and O–H groups in total. The minimum atomic E-state index is -3.88. The van der Waals surface area contributed by atoms with Gasteiger partial charge in [-0.3, -0.25) is 25.2 Å². The van der Waals surface area contributed by atoms with E-state index in [1.165, 1.54) is 29.8 Å². The molecule has 0 fully saturated rings. The number of nitrogens with zero attached hydrogens (tertiary/aromatic N) is 2. The molecule has 9 nitrogen and oxygen atoms in total. The lowest BCUT2D eigenvalue weighted by Crippen LogP contribution is -2.48. The lowest BCUT2D eigenvalue weighted by Gasteiger charge is -2.17. The Balaban J connectivity index is 1.62. The van der Waals surface area contributed by atoms with Crippen LogP contribution in [0.5, 0.6) is 0 Å². The number of carbonyl (C=O) groups excluding carboxylic acids is 2. The molecule has 1 aromatic heterocycles. The highest BCUT2D eigenvalue weighted by atomic mass is 32.2. The van der Waals surface area contributed by atoms with Crippen molar-refractivity contribution in [2.24, 2.45) is 0 Å². The van der Waals surface area contributed by atoms with Gasteiger partial charge >= 0.3 is 0 Å². The molecular formula is C24H26N4O5S. The SMILES string of the molecule is Cc1ccc(S(=O)(=O)N(C)CC(=O)NNC(=O)c2cccn(Cc3cccc(C)c3)c2=O)cc1. The van der Waals surface area contributed by atoms with E-state index in [2.05, 4.69) is 10.9 Å². The largest absolute Gasteiger partial charge is 0.310 e. The highest BCUT2D eigenvalue weighted by Crippen LogP contribution is 2.14. The Bertz CT molecular complexity index is 1360. The number of pyridine rings is 1. The van der Waals surface area contributed by atoms with Crippen molar-refractivity contribution in [3.8, 4) is 0 Å². The number of amides is 2. The maximum absolute atomic E-state index is 12.7. The van der Waals surface area contributed by atoms with Crippen molar-refractivity contribution in [2.75, 3.05) is 13.6 Å². The van der Waals surface area contributed by atoms with Crippen LogP contribution in [0, 0.1) is 13.8 Å². The Hall–Kier alpha value is -3.76. The molecule has 10 heteroatoms. The zero-order valence-electron chi connectivity index (χ0n) is 19.1. The van der Waals surface area contributed by atoms with E-state index in [9.17, 15) is 22.8 Å². The average Bonchev–Trinajstić information content (AvgIpc) is 2.79. The van der Waals surface area contributed by atoms with Gasteiger partial charge in [-0.15, -0.1) is 0 Å². The summed E-state index contributed by atoms with van der Waals surface area (Å²) in [5.41, 5.74) is 6.52. The second-order valence-corrected chi connectivity index (χ2v) is 9.97. The fourth-order valence-corrected chi connectivity index (χ4v) is 4.38. The van der Waals surface area contributed by atoms with Crippen molar-refractivity contribution < 1.29 is 18.0 Å². The summed E-state index contributed by atoms with van der Waals surface area (Å²) in [6.45, 7) is 3.54. The van der Waals surface area contributed by atoms with E-state index in [0.29, 0.717) is 0 Å². The number of aryl methyl sites for hydroxylation is 2. The molecule has 0 aliphatic carbocycles. The predicted molar refractivity (Wildman–Crippen MR) is 128 cm³/mol. The third-order valence-electron chi connectivity index (χ3n) is 5.11. The van der Waals surface area contributed by atoms with Gasteiger partial charge in [0.05, 0.1) is 18.0 Å². The molecule has 0 aliphatic heterocycles. The molecule has 0 atom stereocenters. The Morgan fingerprint density at radius 2 is 1.65 bits per heavy atom. The number of rotatable bonds is 7. The van der Waals surface area contributed by atoms with Crippen LogP contribution >= 0.6 is 0 Å². The summed E-state index contributed by atoms with van der Waals surface area (Å²) >= 11 is 0. The van der Waals surface area contributed by atoms with Crippen molar-refractivity contribution in [3.63, 3.8) is 0 Å². The second-order valence-electron chi connectivity index (χ2n) is 7.92. The Morgan fingerprint density at radius 1 is 0.941 bits per heavy atom. The van der Waals surface area contributed by atoms with Gasteiger partial charge in [0.25, 0.3) is 17.4 Å². The van der Waals surface area contributed by atoms with Crippen molar-refractivity contribution in [1.29, 1.82) is 0 Å². The monoisotopic (exact) mass is 482 g/mol. The van der Waals surface area contributed by atoms with Gasteiger partial charge in [-0.2, -0.15) is 4.31 Å². The standard InChI is InChI=1S/C24H26N4O5S/c1-17-9-11-20(12-10-17)34(32,33)27(3)16-22(29)25-26-23(30)21-8-5-13-28(24(21)31)15-19-7-4-6-18(2)14-19/h4-14H,15-16H2,1-3H3,(H,25,29)(H,26,30). The van der Waals surface area contributed by atoms with Crippen LogP contribution in [-0.4, -0.2) is 42.7 Å². The minimum absolute atomic E-state index is 0.0517. The van der Waals surface area contributed by atoms with Gasteiger partial charge < -0.3 is 4.57 Å². The van der Waals surface area contributed by atoms with Crippen LogP contribution in [-0.2, 0) is 21.4 Å². The molecule has 0 spiro atoms. The summed E-state index contributed by atoms with van der Waals surface area (Å²) in [7, 11) is -2.62. The second kappa shape index (κ2) is 10.4. The van der Waals surface area contributed by atoms with Gasteiger partial charge in [-0.1, -0.05) is 47.5 Å².